The fourth-order valence-corrected chi connectivity index (χ4v) is 3.67. The minimum Gasteiger partial charge on any atom is -0.368 e. The number of morpholine rings is 1. The van der Waals surface area contributed by atoms with Gasteiger partial charge < -0.3 is 15.0 Å². The number of nitrogens with one attached hydrogen (secondary N) is 1. The van der Waals surface area contributed by atoms with E-state index < -0.39 is 0 Å². The van der Waals surface area contributed by atoms with Crippen LogP contribution in [0.4, 0.5) is 0 Å². The van der Waals surface area contributed by atoms with Crippen LogP contribution < -0.4 is 5.32 Å². The number of aromatic nitrogens is 1. The topological polar surface area (TPSA) is 74.8 Å². The molecule has 27 heavy (non-hydrogen) atoms. The third-order valence-electron chi connectivity index (χ3n) is 5.36. The van der Waals surface area contributed by atoms with E-state index in [0.717, 1.165) is 12.0 Å². The number of carbonyl (C=O) groups is 2. The second-order valence-corrected chi connectivity index (χ2v) is 8.19. The van der Waals surface area contributed by atoms with Crippen LogP contribution in [-0.2, 0) is 20.9 Å². The molecule has 1 atom stereocenters. The van der Waals surface area contributed by atoms with Crippen molar-refractivity contribution in [2.24, 2.45) is 5.92 Å². The van der Waals surface area contributed by atoms with Gasteiger partial charge in [0.25, 0.3) is 0 Å². The van der Waals surface area contributed by atoms with Crippen molar-refractivity contribution >= 4 is 11.8 Å². The average Bonchev–Trinajstić information content (AvgIpc) is 2.62. The zero-order chi connectivity index (χ0) is 19.4. The molecule has 0 aliphatic carbocycles. The molecule has 3 rings (SSSR count). The van der Waals surface area contributed by atoms with Crippen molar-refractivity contribution in [3.05, 3.63) is 30.1 Å². The number of likely N-dealkylation sites (N-methyl/N-ethyl adjacent to an activating group) is 1. The van der Waals surface area contributed by atoms with Crippen molar-refractivity contribution in [1.82, 2.24) is 20.1 Å². The number of nitrogens with zero attached hydrogens (tertiary/aromatic N) is 3. The Morgan fingerprint density at radius 3 is 2.78 bits per heavy atom. The summed E-state index contributed by atoms with van der Waals surface area (Å²) in [6.45, 7) is 6.97. The summed E-state index contributed by atoms with van der Waals surface area (Å²) in [6.07, 6.45) is 4.98. The fraction of sp³-hybridized carbons (Fsp3) is 0.650. The van der Waals surface area contributed by atoms with Crippen LogP contribution in [0.25, 0.3) is 0 Å². The molecule has 2 fully saturated rings. The van der Waals surface area contributed by atoms with E-state index >= 15 is 0 Å². The Bertz CT molecular complexity index is 658. The molecule has 2 saturated heterocycles. The van der Waals surface area contributed by atoms with Crippen LogP contribution in [-0.4, -0.2) is 71.5 Å². The van der Waals surface area contributed by atoms with E-state index in [2.05, 4.69) is 24.1 Å². The molecule has 0 saturated carbocycles. The standard InChI is InChI=1S/C20H30N4O3/c1-15(2)6-7-18(25)24-13-20(14-24)12-23(3)17(11-27-20)19(26)22-10-16-5-4-8-21-9-16/h4-5,8-9,15,17H,6-7,10-14H2,1-3H3,(H,22,26). The highest BCUT2D eigenvalue weighted by atomic mass is 16.5. The molecule has 0 bridgehead atoms. The lowest BCUT2D eigenvalue weighted by atomic mass is 9.90. The first-order valence-corrected chi connectivity index (χ1v) is 9.67. The van der Waals surface area contributed by atoms with Gasteiger partial charge in [-0.05, 0) is 31.0 Å². The predicted molar refractivity (Wildman–Crippen MR) is 102 cm³/mol. The van der Waals surface area contributed by atoms with Gasteiger partial charge in [-0.2, -0.15) is 0 Å². The molecule has 1 unspecified atom stereocenters. The van der Waals surface area contributed by atoms with Crippen LogP contribution >= 0.6 is 0 Å². The van der Waals surface area contributed by atoms with Gasteiger partial charge in [-0.3, -0.25) is 19.5 Å². The Labute approximate surface area is 161 Å². The lowest BCUT2D eigenvalue weighted by Crippen LogP contribution is -2.73. The lowest BCUT2D eigenvalue weighted by Gasteiger charge is -2.54. The van der Waals surface area contributed by atoms with E-state index in [9.17, 15) is 9.59 Å². The molecule has 1 N–H and O–H groups in total. The van der Waals surface area contributed by atoms with Gasteiger partial charge in [-0.1, -0.05) is 19.9 Å². The second-order valence-electron chi connectivity index (χ2n) is 8.19. The second kappa shape index (κ2) is 8.35. The number of carbonyl (C=O) groups excluding carboxylic acids is 2. The van der Waals surface area contributed by atoms with Crippen molar-refractivity contribution in [3.8, 4) is 0 Å². The van der Waals surface area contributed by atoms with Crippen molar-refractivity contribution in [3.63, 3.8) is 0 Å². The van der Waals surface area contributed by atoms with Crippen LogP contribution in [0.3, 0.4) is 0 Å². The normalized spacial score (nSPS) is 21.9. The average molecular weight is 374 g/mol. The van der Waals surface area contributed by atoms with Crippen molar-refractivity contribution in [2.75, 3.05) is 33.3 Å². The van der Waals surface area contributed by atoms with Gasteiger partial charge >= 0.3 is 0 Å². The minimum atomic E-state index is -0.317. The number of pyridine rings is 1. The maximum absolute atomic E-state index is 12.5. The largest absolute Gasteiger partial charge is 0.368 e. The predicted octanol–water partition coefficient (Wildman–Crippen LogP) is 1.05. The first kappa shape index (κ1) is 19.8. The number of hydrogen-bond donors (Lipinski definition) is 1. The Morgan fingerprint density at radius 2 is 2.15 bits per heavy atom. The molecule has 1 spiro atoms. The summed E-state index contributed by atoms with van der Waals surface area (Å²) in [4.78, 5) is 32.7. The Balaban J connectivity index is 1.44. The zero-order valence-electron chi connectivity index (χ0n) is 16.5. The van der Waals surface area contributed by atoms with Gasteiger partial charge in [0.05, 0.1) is 19.7 Å². The highest BCUT2D eigenvalue weighted by Gasteiger charge is 2.50. The van der Waals surface area contributed by atoms with E-state index in [1.165, 1.54) is 0 Å². The van der Waals surface area contributed by atoms with Crippen LogP contribution in [0.2, 0.25) is 0 Å². The SMILES string of the molecule is CC(C)CCC(=O)N1CC2(C1)CN(C)C(C(=O)NCc1cccnc1)CO2. The maximum atomic E-state index is 12.5. The highest BCUT2D eigenvalue weighted by Crippen LogP contribution is 2.31. The molecular formula is C20H30N4O3. The van der Waals surface area contributed by atoms with E-state index in [1.54, 1.807) is 12.4 Å². The van der Waals surface area contributed by atoms with E-state index in [-0.39, 0.29) is 23.5 Å². The summed E-state index contributed by atoms with van der Waals surface area (Å²) in [6, 6.07) is 3.48. The van der Waals surface area contributed by atoms with Crippen LogP contribution in [0.15, 0.2) is 24.5 Å². The minimum absolute atomic E-state index is 0.0413. The highest BCUT2D eigenvalue weighted by molar-refractivity contribution is 5.82. The molecular weight excluding hydrogens is 344 g/mol. The van der Waals surface area contributed by atoms with Crippen LogP contribution in [0.1, 0.15) is 32.3 Å². The zero-order valence-corrected chi connectivity index (χ0v) is 16.5. The van der Waals surface area contributed by atoms with Crippen molar-refractivity contribution in [1.29, 1.82) is 0 Å². The summed E-state index contributed by atoms with van der Waals surface area (Å²) in [5, 5.41) is 2.95. The van der Waals surface area contributed by atoms with E-state index in [4.69, 9.17) is 4.74 Å². The molecule has 7 heteroatoms. The van der Waals surface area contributed by atoms with Gasteiger partial charge in [0.2, 0.25) is 11.8 Å². The third kappa shape index (κ3) is 4.84. The summed E-state index contributed by atoms with van der Waals surface area (Å²) < 4.78 is 6.05. The smallest absolute Gasteiger partial charge is 0.240 e. The molecule has 1 aromatic heterocycles. The molecule has 148 valence electrons. The molecule has 0 radical (unpaired) electrons. The fourth-order valence-electron chi connectivity index (χ4n) is 3.67. The third-order valence-corrected chi connectivity index (χ3v) is 5.36. The summed E-state index contributed by atoms with van der Waals surface area (Å²) in [5.74, 6) is 0.699. The van der Waals surface area contributed by atoms with Gasteiger partial charge in [0.1, 0.15) is 11.6 Å². The Morgan fingerprint density at radius 1 is 1.37 bits per heavy atom. The van der Waals surface area contributed by atoms with Crippen LogP contribution in [0.5, 0.6) is 0 Å². The first-order valence-electron chi connectivity index (χ1n) is 9.67. The monoisotopic (exact) mass is 374 g/mol. The van der Waals surface area contributed by atoms with Gasteiger partial charge in [0, 0.05) is 31.9 Å². The van der Waals surface area contributed by atoms with Crippen LogP contribution in [0, 0.1) is 5.92 Å². The molecule has 0 aromatic carbocycles. The molecule has 2 amide bonds. The summed E-state index contributed by atoms with van der Waals surface area (Å²) in [7, 11) is 1.95. The summed E-state index contributed by atoms with van der Waals surface area (Å²) in [5.41, 5.74) is 0.652. The molecule has 2 aliphatic heterocycles. The van der Waals surface area contributed by atoms with E-state index in [1.807, 2.05) is 29.0 Å². The van der Waals surface area contributed by atoms with Gasteiger partial charge in [0.15, 0.2) is 0 Å². The molecule has 3 heterocycles. The van der Waals surface area contributed by atoms with Gasteiger partial charge in [-0.15, -0.1) is 0 Å². The number of hydrogen-bond acceptors (Lipinski definition) is 5. The first-order chi connectivity index (χ1) is 12.9. The number of rotatable bonds is 6. The Kier molecular flexibility index (Phi) is 6.11. The maximum Gasteiger partial charge on any atom is 0.240 e. The van der Waals surface area contributed by atoms with E-state index in [0.29, 0.717) is 45.1 Å². The summed E-state index contributed by atoms with van der Waals surface area (Å²) >= 11 is 0. The number of ether oxygens (including phenoxy) is 1. The quantitative estimate of drug-likeness (QED) is 0.806. The Hall–Kier alpha value is -1.99. The molecule has 7 nitrogen and oxygen atoms in total. The lowest BCUT2D eigenvalue weighted by molar-refractivity contribution is -0.201. The molecule has 1 aromatic rings. The van der Waals surface area contributed by atoms with Crippen molar-refractivity contribution < 1.29 is 14.3 Å². The number of likely N-dealkylation sites (tertiary alicyclic amines) is 1. The molecule has 2 aliphatic rings. The number of amides is 2. The van der Waals surface area contributed by atoms with Crippen molar-refractivity contribution in [2.45, 2.75) is 44.9 Å². The van der Waals surface area contributed by atoms with Gasteiger partial charge in [-0.25, -0.2) is 0 Å².